The number of hydrogen-bond donors (Lipinski definition) is 1. The molecule has 0 spiro atoms. The van der Waals surface area contributed by atoms with Crippen molar-refractivity contribution in [1.82, 2.24) is 5.32 Å². The number of carbonyl (C=O) groups is 1. The molecule has 0 aliphatic heterocycles. The van der Waals surface area contributed by atoms with E-state index in [1.54, 1.807) is 43.3 Å². The number of amides is 1. The third-order valence-corrected chi connectivity index (χ3v) is 3.55. The molecule has 2 atom stereocenters. The van der Waals surface area contributed by atoms with E-state index in [4.69, 9.17) is 16.3 Å². The molecule has 0 aromatic heterocycles. The average molecular weight is 322 g/mol. The van der Waals surface area contributed by atoms with Crippen LogP contribution in [0.2, 0.25) is 5.02 Å². The SMILES string of the molecule is C[C@H](Oc1ccccc1Cl)C(=O)N[C@H](C)c1ccc(F)cc1. The van der Waals surface area contributed by atoms with Gasteiger partial charge in [-0.15, -0.1) is 0 Å². The van der Waals surface area contributed by atoms with Gasteiger partial charge in [0.05, 0.1) is 11.1 Å². The Hall–Kier alpha value is -2.07. The summed E-state index contributed by atoms with van der Waals surface area (Å²) in [5, 5.41) is 3.28. The van der Waals surface area contributed by atoms with E-state index in [1.807, 2.05) is 6.92 Å². The van der Waals surface area contributed by atoms with E-state index in [0.29, 0.717) is 10.8 Å². The van der Waals surface area contributed by atoms with Gasteiger partial charge in [0.25, 0.3) is 5.91 Å². The molecule has 1 N–H and O–H groups in total. The Kier molecular flexibility index (Phi) is 5.39. The van der Waals surface area contributed by atoms with Gasteiger partial charge in [-0.05, 0) is 43.7 Å². The van der Waals surface area contributed by atoms with Crippen LogP contribution in [-0.4, -0.2) is 12.0 Å². The third-order valence-electron chi connectivity index (χ3n) is 3.24. The zero-order valence-electron chi connectivity index (χ0n) is 12.3. The fourth-order valence-electron chi connectivity index (χ4n) is 1.95. The second kappa shape index (κ2) is 7.27. The molecule has 1 amide bonds. The van der Waals surface area contributed by atoms with Crippen LogP contribution in [0.1, 0.15) is 25.5 Å². The maximum absolute atomic E-state index is 12.9. The van der Waals surface area contributed by atoms with Crippen LogP contribution in [0, 0.1) is 5.82 Å². The molecule has 116 valence electrons. The molecule has 22 heavy (non-hydrogen) atoms. The second-order valence-electron chi connectivity index (χ2n) is 4.97. The molecule has 0 saturated heterocycles. The molecule has 3 nitrogen and oxygen atoms in total. The zero-order chi connectivity index (χ0) is 16.1. The minimum atomic E-state index is -0.692. The summed E-state index contributed by atoms with van der Waals surface area (Å²) in [6.07, 6.45) is -0.692. The van der Waals surface area contributed by atoms with E-state index in [1.165, 1.54) is 12.1 Å². The van der Waals surface area contributed by atoms with Gasteiger partial charge in [-0.1, -0.05) is 35.9 Å². The summed E-state index contributed by atoms with van der Waals surface area (Å²) < 4.78 is 18.5. The van der Waals surface area contributed by atoms with Gasteiger partial charge in [-0.2, -0.15) is 0 Å². The molecule has 5 heteroatoms. The van der Waals surface area contributed by atoms with Crippen molar-refractivity contribution in [1.29, 1.82) is 0 Å². The summed E-state index contributed by atoms with van der Waals surface area (Å²) in [5.41, 5.74) is 0.819. The minimum Gasteiger partial charge on any atom is -0.479 e. The van der Waals surface area contributed by atoms with E-state index in [2.05, 4.69) is 5.32 Å². The number of benzene rings is 2. The quantitative estimate of drug-likeness (QED) is 0.899. The Bertz CT molecular complexity index is 645. The predicted octanol–water partition coefficient (Wildman–Crippen LogP) is 4.12. The van der Waals surface area contributed by atoms with E-state index >= 15 is 0 Å². The molecule has 2 aromatic rings. The Morgan fingerprint density at radius 1 is 1.14 bits per heavy atom. The molecule has 0 saturated carbocycles. The van der Waals surface area contributed by atoms with E-state index < -0.39 is 6.10 Å². The summed E-state index contributed by atoms with van der Waals surface area (Å²) in [6, 6.07) is 12.7. The van der Waals surface area contributed by atoms with Gasteiger partial charge in [0, 0.05) is 0 Å². The average Bonchev–Trinajstić information content (AvgIpc) is 2.50. The molecule has 2 rings (SSSR count). The Labute approximate surface area is 134 Å². The van der Waals surface area contributed by atoms with Gasteiger partial charge in [0.2, 0.25) is 0 Å². The summed E-state index contributed by atoms with van der Waals surface area (Å²) in [4.78, 5) is 12.2. The van der Waals surface area contributed by atoms with Gasteiger partial charge in [0.15, 0.2) is 6.10 Å². The van der Waals surface area contributed by atoms with Crippen LogP contribution in [0.3, 0.4) is 0 Å². The highest BCUT2D eigenvalue weighted by Crippen LogP contribution is 2.24. The predicted molar refractivity (Wildman–Crippen MR) is 84.5 cm³/mol. The zero-order valence-corrected chi connectivity index (χ0v) is 13.1. The molecule has 0 aliphatic carbocycles. The van der Waals surface area contributed by atoms with Gasteiger partial charge in [0.1, 0.15) is 11.6 Å². The molecule has 0 radical (unpaired) electrons. The van der Waals surface area contributed by atoms with Crippen LogP contribution in [0.5, 0.6) is 5.75 Å². The van der Waals surface area contributed by atoms with Crippen molar-refractivity contribution in [2.75, 3.05) is 0 Å². The lowest BCUT2D eigenvalue weighted by molar-refractivity contribution is -0.127. The van der Waals surface area contributed by atoms with Gasteiger partial charge < -0.3 is 10.1 Å². The molecule has 2 aromatic carbocycles. The number of halogens is 2. The number of rotatable bonds is 5. The fourth-order valence-corrected chi connectivity index (χ4v) is 2.13. The second-order valence-corrected chi connectivity index (χ2v) is 5.38. The van der Waals surface area contributed by atoms with Crippen molar-refractivity contribution < 1.29 is 13.9 Å². The lowest BCUT2D eigenvalue weighted by atomic mass is 10.1. The summed E-state index contributed by atoms with van der Waals surface area (Å²) >= 11 is 6.00. The fraction of sp³-hybridized carbons (Fsp3) is 0.235. The molecule has 0 unspecified atom stereocenters. The maximum atomic E-state index is 12.9. The number of ether oxygens (including phenoxy) is 1. The molecule has 0 fully saturated rings. The van der Waals surface area contributed by atoms with Crippen LogP contribution in [0.15, 0.2) is 48.5 Å². The first-order valence-corrected chi connectivity index (χ1v) is 7.32. The third kappa shape index (κ3) is 4.21. The highest BCUT2D eigenvalue weighted by Gasteiger charge is 2.18. The smallest absolute Gasteiger partial charge is 0.261 e. The maximum Gasteiger partial charge on any atom is 0.261 e. The van der Waals surface area contributed by atoms with Crippen molar-refractivity contribution in [3.63, 3.8) is 0 Å². The first-order chi connectivity index (χ1) is 10.5. The molecule has 0 heterocycles. The lowest BCUT2D eigenvalue weighted by Gasteiger charge is -2.19. The first kappa shape index (κ1) is 16.3. The molecule has 0 aliphatic rings. The largest absolute Gasteiger partial charge is 0.479 e. The van der Waals surface area contributed by atoms with Gasteiger partial charge in [-0.3, -0.25) is 4.79 Å². The normalized spacial score (nSPS) is 13.3. The highest BCUT2D eigenvalue weighted by atomic mass is 35.5. The first-order valence-electron chi connectivity index (χ1n) is 6.94. The van der Waals surface area contributed by atoms with Crippen molar-refractivity contribution in [3.8, 4) is 5.75 Å². The Balaban J connectivity index is 1.96. The minimum absolute atomic E-state index is 0.245. The van der Waals surface area contributed by atoms with Crippen LogP contribution in [-0.2, 0) is 4.79 Å². The summed E-state index contributed by atoms with van der Waals surface area (Å²) in [7, 11) is 0. The van der Waals surface area contributed by atoms with Crippen molar-refractivity contribution in [2.45, 2.75) is 26.0 Å². The number of nitrogens with one attached hydrogen (secondary N) is 1. The van der Waals surface area contributed by atoms with Crippen LogP contribution in [0.4, 0.5) is 4.39 Å². The standard InChI is InChI=1S/C17H17ClFNO2/c1-11(13-7-9-14(19)10-8-13)20-17(21)12(2)22-16-6-4-3-5-15(16)18/h3-12H,1-2H3,(H,20,21)/t11-,12+/m1/s1. The lowest BCUT2D eigenvalue weighted by Crippen LogP contribution is -2.37. The number of carbonyl (C=O) groups excluding carboxylic acids is 1. The molecular weight excluding hydrogens is 305 g/mol. The van der Waals surface area contributed by atoms with E-state index in [9.17, 15) is 9.18 Å². The summed E-state index contributed by atoms with van der Waals surface area (Å²) in [5.74, 6) is -0.115. The summed E-state index contributed by atoms with van der Waals surface area (Å²) in [6.45, 7) is 3.48. The number of para-hydroxylation sites is 1. The molecular formula is C17H17ClFNO2. The molecule has 0 bridgehead atoms. The van der Waals surface area contributed by atoms with Gasteiger partial charge in [-0.25, -0.2) is 4.39 Å². The van der Waals surface area contributed by atoms with Gasteiger partial charge >= 0.3 is 0 Å². The van der Waals surface area contributed by atoms with Crippen molar-refractivity contribution in [2.24, 2.45) is 0 Å². The topological polar surface area (TPSA) is 38.3 Å². The van der Waals surface area contributed by atoms with E-state index in [0.717, 1.165) is 5.56 Å². The van der Waals surface area contributed by atoms with Crippen molar-refractivity contribution >= 4 is 17.5 Å². The van der Waals surface area contributed by atoms with Crippen LogP contribution >= 0.6 is 11.6 Å². The Morgan fingerprint density at radius 3 is 2.41 bits per heavy atom. The number of hydrogen-bond acceptors (Lipinski definition) is 2. The van der Waals surface area contributed by atoms with Crippen LogP contribution in [0.25, 0.3) is 0 Å². The highest BCUT2D eigenvalue weighted by molar-refractivity contribution is 6.32. The Morgan fingerprint density at radius 2 is 1.77 bits per heavy atom. The van der Waals surface area contributed by atoms with Crippen molar-refractivity contribution in [3.05, 3.63) is 64.9 Å². The monoisotopic (exact) mass is 321 g/mol. The van der Waals surface area contributed by atoms with Crippen LogP contribution < -0.4 is 10.1 Å². The van der Waals surface area contributed by atoms with E-state index in [-0.39, 0.29) is 17.8 Å².